The van der Waals surface area contributed by atoms with E-state index in [1.165, 1.54) is 10.7 Å². The molecular weight excluding hydrogens is 464 g/mol. The molecule has 2 heterocycles. The fourth-order valence-electron chi connectivity index (χ4n) is 3.48. The van der Waals surface area contributed by atoms with Crippen molar-refractivity contribution in [2.24, 2.45) is 0 Å². The summed E-state index contributed by atoms with van der Waals surface area (Å²) >= 11 is 1.55. The normalized spacial score (nSPS) is 11.6. The van der Waals surface area contributed by atoms with E-state index >= 15 is 0 Å². The molecule has 1 amide bonds. The molecular formula is C26H26N4O4S. The zero-order valence-electron chi connectivity index (χ0n) is 19.7. The fourth-order valence-corrected chi connectivity index (χ4v) is 4.34. The highest BCUT2D eigenvalue weighted by Crippen LogP contribution is 2.26. The molecule has 1 unspecified atom stereocenters. The zero-order chi connectivity index (χ0) is 24.8. The predicted octanol–water partition coefficient (Wildman–Crippen LogP) is 3.97. The Morgan fingerprint density at radius 3 is 2.23 bits per heavy atom. The second kappa shape index (κ2) is 11.0. The Hall–Kier alpha value is -3.98. The first-order valence-electron chi connectivity index (χ1n) is 11.1. The van der Waals surface area contributed by atoms with E-state index < -0.39 is 6.04 Å². The standard InChI is InChI=1S/C26H26N4O4S/c1-17(30-24(31)13-12-23(29-30)18-4-8-21(33-2)9-5-18)25(32)27-15-14-20-16-35-26(28-20)19-6-10-22(34-3)11-7-19/h4-13,16-17H,14-15H2,1-3H3,(H,27,32). The number of hydrogen-bond acceptors (Lipinski definition) is 7. The molecule has 0 saturated heterocycles. The number of carbonyl (C=O) groups excluding carboxylic acids is 1. The number of ether oxygens (including phenoxy) is 2. The molecule has 0 aliphatic heterocycles. The number of thiazole rings is 1. The van der Waals surface area contributed by atoms with Crippen molar-refractivity contribution < 1.29 is 14.3 Å². The number of methoxy groups -OCH3 is 2. The lowest BCUT2D eigenvalue weighted by Crippen LogP contribution is -2.37. The van der Waals surface area contributed by atoms with Crippen LogP contribution in [0.2, 0.25) is 0 Å². The van der Waals surface area contributed by atoms with Crippen LogP contribution in [0, 0.1) is 0 Å². The minimum atomic E-state index is -0.758. The van der Waals surface area contributed by atoms with Crippen molar-refractivity contribution in [3.63, 3.8) is 0 Å². The van der Waals surface area contributed by atoms with Gasteiger partial charge in [-0.2, -0.15) is 5.10 Å². The average Bonchev–Trinajstić information content (AvgIpc) is 3.37. The third-order valence-corrected chi connectivity index (χ3v) is 6.47. The molecule has 0 saturated carbocycles. The molecule has 1 N–H and O–H groups in total. The minimum absolute atomic E-state index is 0.280. The molecule has 4 aromatic rings. The van der Waals surface area contributed by atoms with Gasteiger partial charge in [0.25, 0.3) is 5.56 Å². The van der Waals surface area contributed by atoms with Gasteiger partial charge in [-0.05, 0) is 61.5 Å². The van der Waals surface area contributed by atoms with Crippen molar-refractivity contribution in [3.05, 3.63) is 82.1 Å². The number of benzene rings is 2. The Labute approximate surface area is 207 Å². The summed E-state index contributed by atoms with van der Waals surface area (Å²) in [5, 5.41) is 10.2. The maximum Gasteiger partial charge on any atom is 0.267 e. The van der Waals surface area contributed by atoms with Crippen molar-refractivity contribution >= 4 is 17.2 Å². The molecule has 0 radical (unpaired) electrons. The lowest BCUT2D eigenvalue weighted by molar-refractivity contribution is -0.124. The maximum absolute atomic E-state index is 12.7. The van der Waals surface area contributed by atoms with Crippen LogP contribution in [0.4, 0.5) is 0 Å². The molecule has 180 valence electrons. The minimum Gasteiger partial charge on any atom is -0.497 e. The van der Waals surface area contributed by atoms with Crippen LogP contribution in [0.15, 0.2) is 70.8 Å². The zero-order valence-corrected chi connectivity index (χ0v) is 20.5. The smallest absolute Gasteiger partial charge is 0.267 e. The molecule has 2 aromatic carbocycles. The third kappa shape index (κ3) is 5.75. The Morgan fingerprint density at radius 1 is 0.971 bits per heavy atom. The van der Waals surface area contributed by atoms with E-state index in [4.69, 9.17) is 9.47 Å². The number of nitrogens with zero attached hydrogens (tertiary/aromatic N) is 3. The van der Waals surface area contributed by atoms with Gasteiger partial charge >= 0.3 is 0 Å². The van der Waals surface area contributed by atoms with Gasteiger partial charge in [0.2, 0.25) is 5.91 Å². The number of amides is 1. The van der Waals surface area contributed by atoms with Crippen molar-refractivity contribution in [2.75, 3.05) is 20.8 Å². The Balaban J connectivity index is 1.37. The first kappa shape index (κ1) is 24.2. The summed E-state index contributed by atoms with van der Waals surface area (Å²) in [6, 6.07) is 17.4. The molecule has 0 fully saturated rings. The number of aromatic nitrogens is 3. The molecule has 8 nitrogen and oxygen atoms in total. The number of rotatable bonds is 9. The largest absolute Gasteiger partial charge is 0.497 e. The first-order valence-corrected chi connectivity index (χ1v) is 12.0. The van der Waals surface area contributed by atoms with Gasteiger partial charge in [0.1, 0.15) is 22.5 Å². The van der Waals surface area contributed by atoms with Gasteiger partial charge in [0.05, 0.1) is 25.6 Å². The van der Waals surface area contributed by atoms with Gasteiger partial charge < -0.3 is 14.8 Å². The van der Waals surface area contributed by atoms with Crippen LogP contribution in [0.5, 0.6) is 11.5 Å². The monoisotopic (exact) mass is 490 g/mol. The topological polar surface area (TPSA) is 95.3 Å². The van der Waals surface area contributed by atoms with Crippen LogP contribution in [0.25, 0.3) is 21.8 Å². The molecule has 0 aliphatic rings. The number of nitrogens with one attached hydrogen (secondary N) is 1. The number of hydrogen-bond donors (Lipinski definition) is 1. The summed E-state index contributed by atoms with van der Waals surface area (Å²) in [6.45, 7) is 2.06. The predicted molar refractivity (Wildman–Crippen MR) is 136 cm³/mol. The Bertz CT molecular complexity index is 1350. The van der Waals surface area contributed by atoms with E-state index in [1.807, 2.05) is 53.9 Å². The fraction of sp³-hybridized carbons (Fsp3) is 0.231. The van der Waals surface area contributed by atoms with Crippen molar-refractivity contribution in [1.29, 1.82) is 0 Å². The molecule has 1 atom stereocenters. The van der Waals surface area contributed by atoms with E-state index in [0.29, 0.717) is 18.7 Å². The molecule has 0 spiro atoms. The lowest BCUT2D eigenvalue weighted by Gasteiger charge is -2.15. The molecule has 35 heavy (non-hydrogen) atoms. The lowest BCUT2D eigenvalue weighted by atomic mass is 10.1. The van der Waals surface area contributed by atoms with Gasteiger partial charge in [-0.1, -0.05) is 0 Å². The summed E-state index contributed by atoms with van der Waals surface area (Å²) in [5.41, 5.74) is 2.99. The number of carbonyl (C=O) groups is 1. The molecule has 2 aromatic heterocycles. The van der Waals surface area contributed by atoms with Gasteiger partial charge in [-0.3, -0.25) is 9.59 Å². The third-order valence-electron chi connectivity index (χ3n) is 5.53. The summed E-state index contributed by atoms with van der Waals surface area (Å²) in [4.78, 5) is 29.8. The first-order chi connectivity index (χ1) is 17.0. The highest BCUT2D eigenvalue weighted by Gasteiger charge is 2.18. The van der Waals surface area contributed by atoms with E-state index in [9.17, 15) is 9.59 Å². The second-order valence-corrected chi connectivity index (χ2v) is 8.68. The van der Waals surface area contributed by atoms with Crippen LogP contribution in [-0.4, -0.2) is 41.4 Å². The maximum atomic E-state index is 12.7. The summed E-state index contributed by atoms with van der Waals surface area (Å²) in [7, 11) is 3.23. The van der Waals surface area contributed by atoms with E-state index in [0.717, 1.165) is 33.3 Å². The van der Waals surface area contributed by atoms with Crippen LogP contribution < -0.4 is 20.3 Å². The quantitative estimate of drug-likeness (QED) is 0.381. The van der Waals surface area contributed by atoms with Gasteiger partial charge in [-0.25, -0.2) is 9.67 Å². The molecule has 0 aliphatic carbocycles. The Kier molecular flexibility index (Phi) is 7.57. The Morgan fingerprint density at radius 2 is 1.60 bits per heavy atom. The van der Waals surface area contributed by atoms with Crippen LogP contribution in [0.1, 0.15) is 18.7 Å². The highest BCUT2D eigenvalue weighted by molar-refractivity contribution is 7.13. The van der Waals surface area contributed by atoms with Crippen LogP contribution >= 0.6 is 11.3 Å². The summed E-state index contributed by atoms with van der Waals surface area (Å²) in [6.07, 6.45) is 0.583. The highest BCUT2D eigenvalue weighted by atomic mass is 32.1. The van der Waals surface area contributed by atoms with Crippen LogP contribution in [-0.2, 0) is 11.2 Å². The van der Waals surface area contributed by atoms with E-state index in [2.05, 4.69) is 15.4 Å². The van der Waals surface area contributed by atoms with Gasteiger partial charge in [0.15, 0.2) is 0 Å². The summed E-state index contributed by atoms with van der Waals surface area (Å²) < 4.78 is 11.6. The SMILES string of the molecule is COc1ccc(-c2ccc(=O)n(C(C)C(=O)NCCc3csc(-c4ccc(OC)cc4)n3)n2)cc1. The van der Waals surface area contributed by atoms with Crippen molar-refractivity contribution in [1.82, 2.24) is 20.1 Å². The van der Waals surface area contributed by atoms with E-state index in [-0.39, 0.29) is 11.5 Å². The van der Waals surface area contributed by atoms with Crippen LogP contribution in [0.3, 0.4) is 0 Å². The summed E-state index contributed by atoms with van der Waals surface area (Å²) in [5.74, 6) is 1.24. The van der Waals surface area contributed by atoms with Crippen molar-refractivity contribution in [2.45, 2.75) is 19.4 Å². The second-order valence-electron chi connectivity index (χ2n) is 7.82. The van der Waals surface area contributed by atoms with Crippen molar-refractivity contribution in [3.8, 4) is 33.3 Å². The molecule has 0 bridgehead atoms. The molecule has 9 heteroatoms. The molecule has 4 rings (SSSR count). The average molecular weight is 491 g/mol. The van der Waals surface area contributed by atoms with Gasteiger partial charge in [-0.15, -0.1) is 11.3 Å². The van der Waals surface area contributed by atoms with E-state index in [1.54, 1.807) is 38.5 Å². The van der Waals surface area contributed by atoms with Gasteiger partial charge in [0, 0.05) is 35.5 Å².